The topological polar surface area (TPSA) is 103 Å². The standard InChI is InChI=1S/C27H32ClF3N4O4S2/c1-26(2,3)39-25(36)34-11-5-6-18(14-34)15-41(37,38)21-9-7-19(8-10-21)24-22(27(29,30)31)12-20(13-23(24)28)35(17-40-4)33-16-32/h7-10,12-13,18,33H,5-6,11,14-15,17H2,1-4H3. The fourth-order valence-corrected chi connectivity index (χ4v) is 6.99. The van der Waals surface area contributed by atoms with Crippen molar-refractivity contribution in [3.05, 3.63) is 47.0 Å². The zero-order valence-electron chi connectivity index (χ0n) is 23.1. The van der Waals surface area contributed by atoms with Gasteiger partial charge in [-0.1, -0.05) is 23.7 Å². The molecule has 0 bridgehead atoms. The van der Waals surface area contributed by atoms with Crippen LogP contribution in [-0.4, -0.2) is 56.0 Å². The smallest absolute Gasteiger partial charge is 0.417 e. The summed E-state index contributed by atoms with van der Waals surface area (Å²) in [7, 11) is -3.80. The van der Waals surface area contributed by atoms with E-state index in [1.165, 1.54) is 52.0 Å². The monoisotopic (exact) mass is 632 g/mol. The van der Waals surface area contributed by atoms with E-state index in [-0.39, 0.29) is 50.8 Å². The lowest BCUT2D eigenvalue weighted by Crippen LogP contribution is -2.44. The molecule has 1 fully saturated rings. The summed E-state index contributed by atoms with van der Waals surface area (Å²) in [5, 5.41) is 10.0. The quantitative estimate of drug-likeness (QED) is 0.151. The lowest BCUT2D eigenvalue weighted by Gasteiger charge is -2.34. The Balaban J connectivity index is 1.86. The number of piperidine rings is 1. The molecule has 1 unspecified atom stereocenters. The molecule has 3 rings (SSSR count). The number of carbonyl (C=O) groups excluding carboxylic acids is 1. The number of nitrogens with zero attached hydrogens (tertiary/aromatic N) is 3. The summed E-state index contributed by atoms with van der Waals surface area (Å²) in [5.74, 6) is -0.346. The van der Waals surface area contributed by atoms with Gasteiger partial charge in [0.05, 0.1) is 32.8 Å². The number of ether oxygens (including phenoxy) is 1. The summed E-state index contributed by atoms with van der Waals surface area (Å²) in [5.41, 5.74) is 0.485. The molecule has 1 amide bonds. The number of alkyl halides is 3. The van der Waals surface area contributed by atoms with Gasteiger partial charge in [0, 0.05) is 18.7 Å². The van der Waals surface area contributed by atoms with Crippen LogP contribution in [0.15, 0.2) is 41.3 Å². The van der Waals surface area contributed by atoms with Crippen LogP contribution in [0.25, 0.3) is 11.1 Å². The van der Waals surface area contributed by atoms with Gasteiger partial charge in [0.2, 0.25) is 0 Å². The molecule has 2 aromatic carbocycles. The molecular weight excluding hydrogens is 601 g/mol. The van der Waals surface area contributed by atoms with Crippen molar-refractivity contribution in [2.45, 2.75) is 50.3 Å². The second kappa shape index (κ2) is 13.0. The number of carbonyl (C=O) groups is 1. The molecule has 0 saturated carbocycles. The van der Waals surface area contributed by atoms with E-state index >= 15 is 0 Å². The van der Waals surface area contributed by atoms with Crippen molar-refractivity contribution in [3.63, 3.8) is 0 Å². The number of rotatable bonds is 8. The van der Waals surface area contributed by atoms with Crippen LogP contribution >= 0.6 is 23.4 Å². The number of nitriles is 1. The largest absolute Gasteiger partial charge is 0.444 e. The fourth-order valence-electron chi connectivity index (χ4n) is 4.55. The molecule has 1 heterocycles. The molecule has 1 aliphatic heterocycles. The number of anilines is 1. The molecule has 2 aromatic rings. The van der Waals surface area contributed by atoms with E-state index in [9.17, 15) is 26.4 Å². The molecule has 1 saturated heterocycles. The molecule has 0 radical (unpaired) electrons. The number of likely N-dealkylation sites (tertiary alicyclic amines) is 1. The highest BCUT2D eigenvalue weighted by atomic mass is 35.5. The van der Waals surface area contributed by atoms with Crippen molar-refractivity contribution in [1.82, 2.24) is 10.3 Å². The number of amides is 1. The van der Waals surface area contributed by atoms with Crippen molar-refractivity contribution in [2.24, 2.45) is 5.92 Å². The summed E-state index contributed by atoms with van der Waals surface area (Å²) >= 11 is 7.64. The van der Waals surface area contributed by atoms with E-state index in [4.69, 9.17) is 21.6 Å². The molecule has 41 heavy (non-hydrogen) atoms. The molecule has 0 spiro atoms. The molecule has 0 aromatic heterocycles. The average molecular weight is 633 g/mol. The van der Waals surface area contributed by atoms with Gasteiger partial charge in [-0.15, -0.1) is 11.8 Å². The minimum atomic E-state index is -4.78. The Bertz CT molecular complexity index is 1390. The Kier molecular flexibility index (Phi) is 10.4. The molecule has 1 N–H and O–H groups in total. The van der Waals surface area contributed by atoms with Crippen molar-refractivity contribution < 1.29 is 31.1 Å². The van der Waals surface area contributed by atoms with E-state index < -0.39 is 33.3 Å². The van der Waals surface area contributed by atoms with Gasteiger partial charge in [-0.05, 0) is 75.6 Å². The molecular formula is C27H32ClF3N4O4S2. The Labute approximate surface area is 247 Å². The predicted molar refractivity (Wildman–Crippen MR) is 154 cm³/mol. The van der Waals surface area contributed by atoms with Crippen molar-refractivity contribution in [3.8, 4) is 17.3 Å². The zero-order chi connectivity index (χ0) is 30.6. The Hall–Kier alpha value is -2.82. The summed E-state index contributed by atoms with van der Waals surface area (Å²) in [6.45, 7) is 5.98. The lowest BCUT2D eigenvalue weighted by molar-refractivity contribution is -0.137. The predicted octanol–water partition coefficient (Wildman–Crippen LogP) is 6.56. The number of hydrazine groups is 1. The summed E-state index contributed by atoms with van der Waals surface area (Å²) in [4.78, 5) is 13.9. The molecule has 224 valence electrons. The summed E-state index contributed by atoms with van der Waals surface area (Å²) < 4.78 is 74.2. The first-order valence-electron chi connectivity index (χ1n) is 12.7. The van der Waals surface area contributed by atoms with Gasteiger partial charge in [-0.3, -0.25) is 5.01 Å². The van der Waals surface area contributed by atoms with Gasteiger partial charge in [0.15, 0.2) is 16.0 Å². The third-order valence-corrected chi connectivity index (χ3v) is 8.98. The Morgan fingerprint density at radius 1 is 1.24 bits per heavy atom. The normalized spacial score (nSPS) is 16.2. The van der Waals surface area contributed by atoms with Gasteiger partial charge < -0.3 is 9.64 Å². The van der Waals surface area contributed by atoms with Gasteiger partial charge in [-0.25, -0.2) is 18.6 Å². The average Bonchev–Trinajstić information content (AvgIpc) is 2.86. The highest BCUT2D eigenvalue weighted by molar-refractivity contribution is 7.98. The van der Waals surface area contributed by atoms with Crippen LogP contribution in [0.4, 0.5) is 23.7 Å². The molecule has 1 atom stereocenters. The van der Waals surface area contributed by atoms with Crippen LogP contribution in [0.5, 0.6) is 0 Å². The number of hydrogen-bond donors (Lipinski definition) is 1. The summed E-state index contributed by atoms with van der Waals surface area (Å²) in [6, 6.07) is 7.33. The molecule has 0 aliphatic carbocycles. The van der Waals surface area contributed by atoms with Crippen LogP contribution in [-0.2, 0) is 20.8 Å². The van der Waals surface area contributed by atoms with Crippen LogP contribution < -0.4 is 10.4 Å². The van der Waals surface area contributed by atoms with Gasteiger partial charge in [0.1, 0.15) is 5.60 Å². The number of nitrogens with one attached hydrogen (secondary N) is 1. The molecule has 1 aliphatic rings. The number of benzene rings is 2. The van der Waals surface area contributed by atoms with Crippen LogP contribution in [0, 0.1) is 17.4 Å². The number of sulfone groups is 1. The van der Waals surface area contributed by atoms with Crippen molar-refractivity contribution in [1.29, 1.82) is 5.26 Å². The first kappa shape index (κ1) is 32.7. The van der Waals surface area contributed by atoms with Crippen molar-refractivity contribution >= 4 is 45.0 Å². The maximum Gasteiger partial charge on any atom is 0.417 e. The van der Waals surface area contributed by atoms with Crippen LogP contribution in [0.2, 0.25) is 5.02 Å². The SMILES string of the molecule is CSCN(NC#N)c1cc(Cl)c(-c2ccc(S(=O)(=O)CC3CCCN(C(=O)OC(C)(C)C)C3)cc2)c(C(F)(F)F)c1. The third-order valence-electron chi connectivity index (χ3n) is 6.26. The minimum Gasteiger partial charge on any atom is -0.444 e. The van der Waals surface area contributed by atoms with E-state index in [0.29, 0.717) is 19.4 Å². The van der Waals surface area contributed by atoms with E-state index in [1.807, 2.05) is 0 Å². The maximum absolute atomic E-state index is 14.1. The molecule has 8 nitrogen and oxygen atoms in total. The van der Waals surface area contributed by atoms with E-state index in [2.05, 4.69) is 5.43 Å². The fraction of sp³-hybridized carbons (Fsp3) is 0.481. The highest BCUT2D eigenvalue weighted by Crippen LogP contribution is 2.43. The van der Waals surface area contributed by atoms with E-state index in [0.717, 1.165) is 6.07 Å². The first-order chi connectivity index (χ1) is 19.1. The van der Waals surface area contributed by atoms with E-state index in [1.54, 1.807) is 33.2 Å². The Morgan fingerprint density at radius 2 is 1.90 bits per heavy atom. The highest BCUT2D eigenvalue weighted by Gasteiger charge is 2.36. The minimum absolute atomic E-state index is 0.0405. The second-order valence-corrected chi connectivity index (χ2v) is 13.9. The van der Waals surface area contributed by atoms with Crippen molar-refractivity contribution in [2.75, 3.05) is 36.0 Å². The second-order valence-electron chi connectivity index (χ2n) is 10.7. The first-order valence-corrected chi connectivity index (χ1v) is 16.1. The zero-order valence-corrected chi connectivity index (χ0v) is 25.5. The number of thioether (sulfide) groups is 1. The Morgan fingerprint density at radius 3 is 2.46 bits per heavy atom. The van der Waals surface area contributed by atoms with Crippen LogP contribution in [0.3, 0.4) is 0 Å². The van der Waals surface area contributed by atoms with Crippen LogP contribution in [0.1, 0.15) is 39.2 Å². The summed E-state index contributed by atoms with van der Waals surface area (Å²) in [6.07, 6.45) is -0.603. The molecule has 14 heteroatoms. The number of hydrogen-bond acceptors (Lipinski definition) is 8. The maximum atomic E-state index is 14.1. The van der Waals surface area contributed by atoms with Gasteiger partial charge in [-0.2, -0.15) is 18.4 Å². The van der Waals surface area contributed by atoms with Gasteiger partial charge >= 0.3 is 12.3 Å². The number of halogens is 4. The van der Waals surface area contributed by atoms with Gasteiger partial charge in [0.25, 0.3) is 0 Å². The third kappa shape index (κ3) is 8.59. The lowest BCUT2D eigenvalue weighted by atomic mass is 9.98.